The van der Waals surface area contributed by atoms with Gasteiger partial charge in [0.05, 0.1) is 38.6 Å². The SMILES string of the molecule is c1ccc(CO[C@@H]2[C@@H](OCc3ccccc3)[C@H](OCc3ccccc3)[C@H]3O[C@@]4(CCC[C@@H](c5ccccc5)O4)[C@]4(CCC[C@@H](c5ccccc5)O4)O[C@@H]3[C@@H]2OCc2ccccc2)cc1. The molecule has 0 aromatic heterocycles. The van der Waals surface area contributed by atoms with Crippen molar-refractivity contribution in [1.29, 1.82) is 0 Å². The van der Waals surface area contributed by atoms with E-state index in [-0.39, 0.29) is 12.2 Å². The van der Waals surface area contributed by atoms with Crippen molar-refractivity contribution in [3.63, 3.8) is 0 Å². The highest BCUT2D eigenvalue weighted by molar-refractivity contribution is 5.23. The highest BCUT2D eigenvalue weighted by atomic mass is 16.8. The molecule has 64 heavy (non-hydrogen) atoms. The summed E-state index contributed by atoms with van der Waals surface area (Å²) in [5.74, 6) is -2.58. The number of fused-ring (bicyclic) bond motifs is 2. The van der Waals surface area contributed by atoms with Gasteiger partial charge in [-0.1, -0.05) is 182 Å². The molecule has 6 aromatic rings. The van der Waals surface area contributed by atoms with Gasteiger partial charge in [-0.05, 0) is 59.1 Å². The maximum absolute atomic E-state index is 7.81. The Balaban J connectivity index is 1.10. The summed E-state index contributed by atoms with van der Waals surface area (Å²) in [6.07, 6.45) is 0.000939. The first kappa shape index (κ1) is 42.9. The summed E-state index contributed by atoms with van der Waals surface area (Å²) in [5.41, 5.74) is 6.34. The first-order valence-corrected chi connectivity index (χ1v) is 23.1. The molecule has 4 aliphatic rings. The molecule has 2 spiro atoms. The topological polar surface area (TPSA) is 73.8 Å². The van der Waals surface area contributed by atoms with Gasteiger partial charge < -0.3 is 37.9 Å². The van der Waals surface area contributed by atoms with Crippen LogP contribution in [-0.2, 0) is 64.3 Å². The number of benzene rings is 6. The van der Waals surface area contributed by atoms with Gasteiger partial charge in [0.1, 0.15) is 36.6 Å². The van der Waals surface area contributed by atoms with Crippen molar-refractivity contribution in [2.75, 3.05) is 0 Å². The first-order valence-electron chi connectivity index (χ1n) is 23.1. The van der Waals surface area contributed by atoms with Gasteiger partial charge in [-0.25, -0.2) is 0 Å². The van der Waals surface area contributed by atoms with Crippen LogP contribution in [0, 0.1) is 0 Å². The lowest BCUT2D eigenvalue weighted by Gasteiger charge is -2.63. The third-order valence-corrected chi connectivity index (χ3v) is 13.3. The van der Waals surface area contributed by atoms with Crippen LogP contribution >= 0.6 is 0 Å². The second-order valence-electron chi connectivity index (χ2n) is 17.5. The molecule has 330 valence electrons. The second-order valence-corrected chi connectivity index (χ2v) is 17.5. The van der Waals surface area contributed by atoms with Gasteiger partial charge >= 0.3 is 0 Å². The number of rotatable bonds is 14. The van der Waals surface area contributed by atoms with Crippen LogP contribution < -0.4 is 0 Å². The van der Waals surface area contributed by atoms with E-state index in [1.54, 1.807) is 0 Å². The van der Waals surface area contributed by atoms with Crippen LogP contribution in [0.15, 0.2) is 182 Å². The molecule has 1 aliphatic carbocycles. The van der Waals surface area contributed by atoms with Crippen molar-refractivity contribution in [1.82, 2.24) is 0 Å². The molecule has 10 rings (SSSR count). The predicted octanol–water partition coefficient (Wildman–Crippen LogP) is 11.4. The maximum Gasteiger partial charge on any atom is 0.224 e. The van der Waals surface area contributed by atoms with E-state index in [1.807, 2.05) is 84.9 Å². The zero-order valence-corrected chi connectivity index (χ0v) is 36.3. The van der Waals surface area contributed by atoms with Gasteiger partial charge in [0.25, 0.3) is 0 Å². The lowest BCUT2D eigenvalue weighted by Crippen LogP contribution is -2.78. The van der Waals surface area contributed by atoms with E-state index in [4.69, 9.17) is 37.9 Å². The summed E-state index contributed by atoms with van der Waals surface area (Å²) in [4.78, 5) is 0. The molecular formula is C56H58O8. The molecule has 3 saturated heterocycles. The third-order valence-electron chi connectivity index (χ3n) is 13.3. The minimum atomic E-state index is -1.29. The summed E-state index contributed by atoms with van der Waals surface area (Å²) >= 11 is 0. The Morgan fingerprint density at radius 3 is 0.938 bits per heavy atom. The minimum Gasteiger partial charge on any atom is -0.368 e. The zero-order valence-electron chi connectivity index (χ0n) is 36.3. The number of hydrogen-bond acceptors (Lipinski definition) is 8. The molecule has 3 heterocycles. The normalized spacial score (nSPS) is 30.2. The van der Waals surface area contributed by atoms with Crippen LogP contribution in [0.5, 0.6) is 0 Å². The average molecular weight is 859 g/mol. The predicted molar refractivity (Wildman–Crippen MR) is 244 cm³/mol. The van der Waals surface area contributed by atoms with E-state index in [0.29, 0.717) is 39.3 Å². The van der Waals surface area contributed by atoms with E-state index < -0.39 is 48.2 Å². The molecule has 0 N–H and O–H groups in total. The molecule has 10 atom stereocenters. The molecule has 8 heteroatoms. The highest BCUT2D eigenvalue weighted by Crippen LogP contribution is 2.57. The fraction of sp³-hybridized carbons (Fsp3) is 0.357. The Bertz CT molecular complexity index is 2150. The van der Waals surface area contributed by atoms with Crippen molar-refractivity contribution in [3.05, 3.63) is 215 Å². The van der Waals surface area contributed by atoms with Crippen LogP contribution in [0.25, 0.3) is 0 Å². The van der Waals surface area contributed by atoms with Crippen molar-refractivity contribution < 1.29 is 37.9 Å². The third kappa shape index (κ3) is 9.39. The quantitative estimate of drug-likeness (QED) is 0.107. The molecule has 0 unspecified atom stereocenters. The summed E-state index contributed by atoms with van der Waals surface area (Å²) in [7, 11) is 0. The molecule has 3 aliphatic heterocycles. The number of ether oxygens (including phenoxy) is 8. The van der Waals surface area contributed by atoms with Gasteiger partial charge in [-0.2, -0.15) is 0 Å². The van der Waals surface area contributed by atoms with Crippen LogP contribution in [0.2, 0.25) is 0 Å². The van der Waals surface area contributed by atoms with Crippen molar-refractivity contribution in [2.45, 2.75) is 125 Å². The van der Waals surface area contributed by atoms with Crippen molar-refractivity contribution >= 4 is 0 Å². The van der Waals surface area contributed by atoms with Crippen LogP contribution in [-0.4, -0.2) is 48.2 Å². The van der Waals surface area contributed by atoms with Crippen molar-refractivity contribution in [3.8, 4) is 0 Å². The Morgan fingerprint density at radius 1 is 0.344 bits per heavy atom. The molecular weight excluding hydrogens is 801 g/mol. The van der Waals surface area contributed by atoms with E-state index in [2.05, 4.69) is 97.1 Å². The van der Waals surface area contributed by atoms with Gasteiger partial charge in [-0.3, -0.25) is 0 Å². The standard InChI is InChI=1S/C56H58O8/c1-7-21-41(22-8-1)37-57-49-50(58-38-42-23-9-2-10-24-42)52(60-40-44-27-13-4-14-28-44)54-53(51(49)59-39-43-25-11-3-12-26-43)63-55(35-19-33-47(61-55)45-29-15-5-16-30-45)56(64-54)36-20-34-48(62-56)46-31-17-6-18-32-46/h1-18,21-32,47-54H,19-20,33-40H2/t47-,48-,49+,50+,51-,52+,53+,54+,55-,56-/m0/s1. The fourth-order valence-corrected chi connectivity index (χ4v) is 10.1. The van der Waals surface area contributed by atoms with E-state index in [0.717, 1.165) is 59.1 Å². The molecule has 4 fully saturated rings. The summed E-state index contributed by atoms with van der Waals surface area (Å²) in [6.45, 7) is 1.30. The summed E-state index contributed by atoms with van der Waals surface area (Å²) in [5, 5.41) is 0. The van der Waals surface area contributed by atoms with Gasteiger partial charge in [-0.15, -0.1) is 0 Å². The van der Waals surface area contributed by atoms with Gasteiger partial charge in [0.15, 0.2) is 0 Å². The fourth-order valence-electron chi connectivity index (χ4n) is 10.1. The molecule has 0 bridgehead atoms. The molecule has 0 amide bonds. The van der Waals surface area contributed by atoms with Crippen molar-refractivity contribution in [2.24, 2.45) is 0 Å². The molecule has 8 nitrogen and oxygen atoms in total. The average Bonchev–Trinajstić information content (AvgIpc) is 3.36. The minimum absolute atomic E-state index is 0.239. The first-order chi connectivity index (χ1) is 31.7. The van der Waals surface area contributed by atoms with E-state index in [1.165, 1.54) is 0 Å². The van der Waals surface area contributed by atoms with E-state index in [9.17, 15) is 0 Å². The second kappa shape index (κ2) is 20.0. The van der Waals surface area contributed by atoms with Crippen LogP contribution in [0.3, 0.4) is 0 Å². The summed E-state index contributed by atoms with van der Waals surface area (Å²) in [6, 6.07) is 61.9. The Hall–Kier alpha value is -5.00. The lowest BCUT2D eigenvalue weighted by atomic mass is 9.79. The Morgan fingerprint density at radius 2 is 0.625 bits per heavy atom. The van der Waals surface area contributed by atoms with Crippen LogP contribution in [0.4, 0.5) is 0 Å². The van der Waals surface area contributed by atoms with Crippen LogP contribution in [0.1, 0.15) is 84.1 Å². The monoisotopic (exact) mass is 858 g/mol. The zero-order chi connectivity index (χ0) is 43.0. The van der Waals surface area contributed by atoms with Gasteiger partial charge in [0.2, 0.25) is 11.6 Å². The Kier molecular flexibility index (Phi) is 13.4. The maximum atomic E-state index is 7.81. The largest absolute Gasteiger partial charge is 0.368 e. The van der Waals surface area contributed by atoms with E-state index >= 15 is 0 Å². The number of hydrogen-bond donors (Lipinski definition) is 0. The molecule has 0 radical (unpaired) electrons. The molecule has 6 aromatic carbocycles. The highest BCUT2D eigenvalue weighted by Gasteiger charge is 2.70. The van der Waals surface area contributed by atoms with Gasteiger partial charge in [0, 0.05) is 12.8 Å². The summed E-state index contributed by atoms with van der Waals surface area (Å²) < 4.78 is 59.2. The molecule has 1 saturated carbocycles. The lowest BCUT2D eigenvalue weighted by molar-refractivity contribution is -0.514. The smallest absolute Gasteiger partial charge is 0.224 e. The Labute approximate surface area is 377 Å².